The Kier molecular flexibility index (Phi) is 8.55. The predicted octanol–water partition coefficient (Wildman–Crippen LogP) is 5.16. The van der Waals surface area contributed by atoms with E-state index >= 15 is 0 Å². The number of rotatable bonds is 7. The molecular formula is C23H42O5. The van der Waals surface area contributed by atoms with Crippen molar-refractivity contribution in [2.24, 2.45) is 22.2 Å². The first kappa shape index (κ1) is 24.9. The normalized spacial score (nSPS) is 24.7. The van der Waals surface area contributed by atoms with Gasteiger partial charge in [0.15, 0.2) is 6.10 Å². The Morgan fingerprint density at radius 1 is 1.00 bits per heavy atom. The lowest BCUT2D eigenvalue weighted by Crippen LogP contribution is -2.39. The molecule has 0 aromatic carbocycles. The standard InChI is InChI=1S/C23H42O5/c1-16(2)23(9)12-10-11-17(13-23)26-14-18(28-20(25)22(6,7)8)15-27-19(24)21(3,4)5/h16-18H,10-15H2,1-9H3. The van der Waals surface area contributed by atoms with Crippen molar-refractivity contribution in [2.45, 2.75) is 100 Å². The van der Waals surface area contributed by atoms with Gasteiger partial charge in [-0.25, -0.2) is 0 Å². The summed E-state index contributed by atoms with van der Waals surface area (Å²) in [6.45, 7) is 18.0. The summed E-state index contributed by atoms with van der Waals surface area (Å²) in [6.07, 6.45) is 3.94. The van der Waals surface area contributed by atoms with Gasteiger partial charge in [0, 0.05) is 0 Å². The molecule has 28 heavy (non-hydrogen) atoms. The highest BCUT2D eigenvalue weighted by Gasteiger charge is 2.36. The molecule has 0 spiro atoms. The van der Waals surface area contributed by atoms with Crippen molar-refractivity contribution in [3.8, 4) is 0 Å². The number of ether oxygens (including phenoxy) is 3. The molecule has 0 heterocycles. The Hall–Kier alpha value is -1.10. The van der Waals surface area contributed by atoms with Crippen LogP contribution in [0.4, 0.5) is 0 Å². The van der Waals surface area contributed by atoms with Crippen molar-refractivity contribution >= 4 is 11.9 Å². The second kappa shape index (κ2) is 9.60. The molecule has 1 saturated carbocycles. The molecule has 0 aromatic heterocycles. The van der Waals surface area contributed by atoms with Crippen LogP contribution in [0, 0.1) is 22.2 Å². The van der Waals surface area contributed by atoms with Crippen molar-refractivity contribution in [3.63, 3.8) is 0 Å². The van der Waals surface area contributed by atoms with Gasteiger partial charge in [-0.3, -0.25) is 9.59 Å². The first-order valence-electron chi connectivity index (χ1n) is 10.6. The fourth-order valence-corrected chi connectivity index (χ4v) is 3.20. The molecule has 0 aromatic rings. The zero-order chi connectivity index (χ0) is 21.8. The Labute approximate surface area is 171 Å². The van der Waals surface area contributed by atoms with Gasteiger partial charge in [-0.15, -0.1) is 0 Å². The van der Waals surface area contributed by atoms with E-state index in [0.29, 0.717) is 5.92 Å². The maximum absolute atomic E-state index is 12.3. The molecule has 5 nitrogen and oxygen atoms in total. The molecule has 164 valence electrons. The van der Waals surface area contributed by atoms with E-state index in [2.05, 4.69) is 20.8 Å². The van der Waals surface area contributed by atoms with Gasteiger partial charge in [0.25, 0.3) is 0 Å². The molecule has 5 heteroatoms. The highest BCUT2D eigenvalue weighted by molar-refractivity contribution is 5.76. The maximum atomic E-state index is 12.3. The molecule has 1 fully saturated rings. The molecule has 0 aliphatic heterocycles. The predicted molar refractivity (Wildman–Crippen MR) is 111 cm³/mol. The SMILES string of the molecule is CC(C)C1(C)CCCC(OCC(COC(=O)C(C)(C)C)OC(=O)C(C)(C)C)C1. The van der Waals surface area contributed by atoms with E-state index in [0.717, 1.165) is 19.3 Å². The lowest BCUT2D eigenvalue weighted by atomic mass is 9.67. The molecule has 0 bridgehead atoms. The van der Waals surface area contributed by atoms with E-state index in [1.165, 1.54) is 6.42 Å². The lowest BCUT2D eigenvalue weighted by Gasteiger charge is -2.41. The fourth-order valence-electron chi connectivity index (χ4n) is 3.20. The first-order chi connectivity index (χ1) is 12.6. The number of esters is 2. The van der Waals surface area contributed by atoms with Crippen LogP contribution in [0.1, 0.15) is 88.0 Å². The highest BCUT2D eigenvalue weighted by Crippen LogP contribution is 2.42. The van der Waals surface area contributed by atoms with E-state index in [9.17, 15) is 9.59 Å². The van der Waals surface area contributed by atoms with E-state index in [-0.39, 0.29) is 36.7 Å². The summed E-state index contributed by atoms with van der Waals surface area (Å²) in [7, 11) is 0. The second-order valence-electron chi connectivity index (χ2n) is 11.0. The van der Waals surface area contributed by atoms with Crippen LogP contribution in [0.15, 0.2) is 0 Å². The van der Waals surface area contributed by atoms with E-state index in [1.807, 2.05) is 20.8 Å². The number of carbonyl (C=O) groups is 2. The van der Waals surface area contributed by atoms with Gasteiger partial charge in [0.05, 0.1) is 23.5 Å². The second-order valence-corrected chi connectivity index (χ2v) is 11.0. The zero-order valence-corrected chi connectivity index (χ0v) is 19.5. The monoisotopic (exact) mass is 398 g/mol. The molecular weight excluding hydrogens is 356 g/mol. The number of hydrogen-bond donors (Lipinski definition) is 0. The minimum absolute atomic E-state index is 0.0199. The van der Waals surface area contributed by atoms with Crippen LogP contribution in [0.5, 0.6) is 0 Å². The third-order valence-electron chi connectivity index (χ3n) is 5.78. The van der Waals surface area contributed by atoms with E-state index in [4.69, 9.17) is 14.2 Å². The summed E-state index contributed by atoms with van der Waals surface area (Å²) < 4.78 is 17.2. The third-order valence-corrected chi connectivity index (χ3v) is 5.78. The Morgan fingerprint density at radius 3 is 2.07 bits per heavy atom. The molecule has 3 unspecified atom stereocenters. The van der Waals surface area contributed by atoms with Crippen LogP contribution >= 0.6 is 0 Å². The summed E-state index contributed by atoms with van der Waals surface area (Å²) in [6, 6.07) is 0. The van der Waals surface area contributed by atoms with Crippen LogP contribution in [0.2, 0.25) is 0 Å². The van der Waals surface area contributed by atoms with E-state index < -0.39 is 16.9 Å². The third kappa shape index (κ3) is 7.73. The van der Waals surface area contributed by atoms with Crippen molar-refractivity contribution < 1.29 is 23.8 Å². The molecule has 0 N–H and O–H groups in total. The van der Waals surface area contributed by atoms with Gasteiger partial charge >= 0.3 is 11.9 Å². The summed E-state index contributed by atoms with van der Waals surface area (Å²) in [4.78, 5) is 24.5. The molecule has 0 radical (unpaired) electrons. The van der Waals surface area contributed by atoms with Crippen LogP contribution in [0.25, 0.3) is 0 Å². The quantitative estimate of drug-likeness (QED) is 0.555. The average Bonchev–Trinajstić information content (AvgIpc) is 2.55. The molecule has 1 aliphatic rings. The van der Waals surface area contributed by atoms with Gasteiger partial charge in [0.1, 0.15) is 6.61 Å². The summed E-state index contributed by atoms with van der Waals surface area (Å²) in [5, 5.41) is 0. The van der Waals surface area contributed by atoms with Gasteiger partial charge in [-0.1, -0.05) is 27.2 Å². The maximum Gasteiger partial charge on any atom is 0.311 e. The molecule has 1 rings (SSSR count). The minimum atomic E-state index is -0.618. The molecule has 0 amide bonds. The van der Waals surface area contributed by atoms with Crippen molar-refractivity contribution in [2.75, 3.05) is 13.2 Å². The van der Waals surface area contributed by atoms with Gasteiger partial charge < -0.3 is 14.2 Å². The molecule has 1 aliphatic carbocycles. The van der Waals surface area contributed by atoms with Gasteiger partial charge in [-0.05, 0) is 72.1 Å². The van der Waals surface area contributed by atoms with Crippen LogP contribution in [-0.2, 0) is 23.8 Å². The molecule has 3 atom stereocenters. The summed E-state index contributed by atoms with van der Waals surface area (Å²) in [5.74, 6) is -0.0286. The lowest BCUT2D eigenvalue weighted by molar-refractivity contribution is -0.174. The first-order valence-corrected chi connectivity index (χ1v) is 10.6. The number of hydrogen-bond acceptors (Lipinski definition) is 5. The van der Waals surface area contributed by atoms with Crippen LogP contribution in [0.3, 0.4) is 0 Å². The van der Waals surface area contributed by atoms with Gasteiger partial charge in [0.2, 0.25) is 0 Å². The van der Waals surface area contributed by atoms with Crippen LogP contribution in [-0.4, -0.2) is 37.4 Å². The van der Waals surface area contributed by atoms with Crippen molar-refractivity contribution in [1.82, 2.24) is 0 Å². The van der Waals surface area contributed by atoms with Crippen molar-refractivity contribution in [1.29, 1.82) is 0 Å². The number of carbonyl (C=O) groups excluding carboxylic acids is 2. The van der Waals surface area contributed by atoms with Crippen molar-refractivity contribution in [3.05, 3.63) is 0 Å². The Balaban J connectivity index is 2.71. The summed E-state index contributed by atoms with van der Waals surface area (Å²) >= 11 is 0. The smallest absolute Gasteiger partial charge is 0.311 e. The zero-order valence-electron chi connectivity index (χ0n) is 19.5. The summed E-state index contributed by atoms with van der Waals surface area (Å²) in [5.41, 5.74) is -0.936. The topological polar surface area (TPSA) is 61.8 Å². The largest absolute Gasteiger partial charge is 0.461 e. The van der Waals surface area contributed by atoms with Gasteiger partial charge in [-0.2, -0.15) is 0 Å². The Morgan fingerprint density at radius 2 is 1.57 bits per heavy atom. The van der Waals surface area contributed by atoms with E-state index in [1.54, 1.807) is 20.8 Å². The fraction of sp³-hybridized carbons (Fsp3) is 0.913. The minimum Gasteiger partial charge on any atom is -0.461 e. The Bertz CT molecular complexity index is 526. The average molecular weight is 399 g/mol. The molecule has 0 saturated heterocycles. The van der Waals surface area contributed by atoms with Crippen LogP contribution < -0.4 is 0 Å². The highest BCUT2D eigenvalue weighted by atomic mass is 16.6.